The number of ether oxygens (including phenoxy) is 1. The van der Waals surface area contributed by atoms with Gasteiger partial charge in [0.2, 0.25) is 0 Å². The minimum Gasteiger partial charge on any atom is -0.379 e. The van der Waals surface area contributed by atoms with Crippen LogP contribution in [0.25, 0.3) is 0 Å². The third-order valence-corrected chi connectivity index (χ3v) is 2.65. The van der Waals surface area contributed by atoms with E-state index in [-0.39, 0.29) is 0 Å². The molecular weight excluding hydrogens is 178 g/mol. The van der Waals surface area contributed by atoms with E-state index >= 15 is 0 Å². The Morgan fingerprint density at radius 1 is 1.50 bits per heavy atom. The zero-order valence-corrected chi connectivity index (χ0v) is 8.35. The van der Waals surface area contributed by atoms with Crippen molar-refractivity contribution in [2.75, 3.05) is 32.8 Å². The fourth-order valence-electron chi connectivity index (χ4n) is 1.84. The first-order chi connectivity index (χ1) is 6.90. The molecule has 1 atom stereocenters. The Bertz CT molecular complexity index is 244. The summed E-state index contributed by atoms with van der Waals surface area (Å²) in [6.07, 6.45) is 5.48. The number of nitrogens with zero attached hydrogens (tertiary/aromatic N) is 2. The predicted octanol–water partition coefficient (Wildman–Crippen LogP) is 0.00430. The van der Waals surface area contributed by atoms with Crippen molar-refractivity contribution in [3.05, 3.63) is 12.2 Å². The summed E-state index contributed by atoms with van der Waals surface area (Å²) in [4.78, 5) is 6.96. The molecule has 0 saturated carbocycles. The van der Waals surface area contributed by atoms with Crippen molar-refractivity contribution >= 4 is 5.71 Å². The topological polar surface area (TPSA) is 50.8 Å². The van der Waals surface area contributed by atoms with Crippen molar-refractivity contribution in [2.45, 2.75) is 12.6 Å². The Kier molecular flexibility index (Phi) is 3.29. The zero-order valence-electron chi connectivity index (χ0n) is 8.35. The number of aliphatic imine (C=N–C) groups is 1. The summed E-state index contributed by atoms with van der Waals surface area (Å²) >= 11 is 0. The fraction of sp³-hybridized carbons (Fsp3) is 0.700. The van der Waals surface area contributed by atoms with E-state index in [0.717, 1.165) is 38.4 Å². The average Bonchev–Trinajstić information content (AvgIpc) is 2.30. The first kappa shape index (κ1) is 9.83. The zero-order chi connectivity index (χ0) is 9.80. The Morgan fingerprint density at radius 2 is 2.29 bits per heavy atom. The highest BCUT2D eigenvalue weighted by atomic mass is 16.5. The summed E-state index contributed by atoms with van der Waals surface area (Å²) in [5.74, 6) is 0. The van der Waals surface area contributed by atoms with Crippen molar-refractivity contribution in [1.29, 1.82) is 0 Å². The van der Waals surface area contributed by atoms with Crippen LogP contribution in [0, 0.1) is 0 Å². The molecule has 1 fully saturated rings. The molecule has 0 spiro atoms. The van der Waals surface area contributed by atoms with E-state index in [1.165, 1.54) is 0 Å². The van der Waals surface area contributed by atoms with Gasteiger partial charge in [-0.25, -0.2) is 0 Å². The summed E-state index contributed by atoms with van der Waals surface area (Å²) in [5, 5.41) is 0. The lowest BCUT2D eigenvalue weighted by atomic mass is 10.2. The van der Waals surface area contributed by atoms with Crippen molar-refractivity contribution in [3.8, 4) is 0 Å². The highest BCUT2D eigenvalue weighted by Gasteiger charge is 2.20. The SMILES string of the molecule is NCC1=NC(N2CCOCC2)CC=C1. The van der Waals surface area contributed by atoms with Crippen LogP contribution >= 0.6 is 0 Å². The first-order valence-electron chi connectivity index (χ1n) is 5.15. The van der Waals surface area contributed by atoms with Gasteiger partial charge in [0.1, 0.15) is 6.17 Å². The first-order valence-corrected chi connectivity index (χ1v) is 5.15. The second-order valence-electron chi connectivity index (χ2n) is 3.59. The highest BCUT2D eigenvalue weighted by molar-refractivity contribution is 5.97. The molecule has 0 aromatic heterocycles. The molecule has 1 unspecified atom stereocenters. The number of hydrogen-bond donors (Lipinski definition) is 1. The van der Waals surface area contributed by atoms with Crippen molar-refractivity contribution in [1.82, 2.24) is 4.90 Å². The van der Waals surface area contributed by atoms with Gasteiger partial charge in [-0.2, -0.15) is 0 Å². The minimum absolute atomic E-state index is 0.294. The van der Waals surface area contributed by atoms with E-state index in [4.69, 9.17) is 10.5 Å². The van der Waals surface area contributed by atoms with Crippen molar-refractivity contribution in [2.24, 2.45) is 10.7 Å². The number of rotatable bonds is 2. The van der Waals surface area contributed by atoms with Gasteiger partial charge < -0.3 is 10.5 Å². The largest absolute Gasteiger partial charge is 0.379 e. The number of morpholine rings is 1. The van der Waals surface area contributed by atoms with E-state index < -0.39 is 0 Å². The lowest BCUT2D eigenvalue weighted by molar-refractivity contribution is 0.0187. The Labute approximate surface area is 84.4 Å². The molecule has 0 bridgehead atoms. The van der Waals surface area contributed by atoms with Gasteiger partial charge in [0.15, 0.2) is 0 Å². The van der Waals surface area contributed by atoms with Gasteiger partial charge in [-0.05, 0) is 6.08 Å². The van der Waals surface area contributed by atoms with Gasteiger partial charge in [-0.15, -0.1) is 0 Å². The van der Waals surface area contributed by atoms with Crippen LogP contribution in [-0.4, -0.2) is 49.6 Å². The summed E-state index contributed by atoms with van der Waals surface area (Å²) in [6.45, 7) is 4.17. The Morgan fingerprint density at radius 3 is 3.00 bits per heavy atom. The van der Waals surface area contributed by atoms with Crippen molar-refractivity contribution in [3.63, 3.8) is 0 Å². The van der Waals surface area contributed by atoms with Crippen LogP contribution in [0.3, 0.4) is 0 Å². The molecule has 1 saturated heterocycles. The number of hydrogen-bond acceptors (Lipinski definition) is 4. The van der Waals surface area contributed by atoms with Crippen LogP contribution < -0.4 is 5.73 Å². The summed E-state index contributed by atoms with van der Waals surface area (Å²) < 4.78 is 5.31. The van der Waals surface area contributed by atoms with Crippen LogP contribution in [-0.2, 0) is 4.74 Å². The van der Waals surface area contributed by atoms with Gasteiger partial charge in [-0.1, -0.05) is 6.08 Å². The van der Waals surface area contributed by atoms with E-state index in [1.807, 2.05) is 6.08 Å². The molecule has 4 nitrogen and oxygen atoms in total. The molecule has 0 aromatic carbocycles. The van der Waals surface area contributed by atoms with Crippen LogP contribution in [0.4, 0.5) is 0 Å². The maximum Gasteiger partial charge on any atom is 0.106 e. The lowest BCUT2D eigenvalue weighted by Gasteiger charge is -2.32. The molecule has 2 aliphatic heterocycles. The van der Waals surface area contributed by atoms with Gasteiger partial charge in [-0.3, -0.25) is 9.89 Å². The van der Waals surface area contributed by atoms with Crippen LogP contribution in [0.1, 0.15) is 6.42 Å². The number of nitrogens with two attached hydrogens (primary N) is 1. The lowest BCUT2D eigenvalue weighted by Crippen LogP contribution is -2.43. The van der Waals surface area contributed by atoms with Crippen LogP contribution in [0.2, 0.25) is 0 Å². The average molecular weight is 195 g/mol. The predicted molar refractivity (Wildman–Crippen MR) is 56.4 cm³/mol. The Hall–Kier alpha value is -0.710. The molecule has 78 valence electrons. The van der Waals surface area contributed by atoms with E-state index in [0.29, 0.717) is 12.7 Å². The monoisotopic (exact) mass is 195 g/mol. The molecule has 0 aromatic rings. The number of dihydropyridines is 1. The van der Waals surface area contributed by atoms with E-state index in [1.54, 1.807) is 0 Å². The summed E-state index contributed by atoms with van der Waals surface area (Å²) in [6, 6.07) is 0. The molecule has 14 heavy (non-hydrogen) atoms. The van der Waals surface area contributed by atoms with Gasteiger partial charge in [0.25, 0.3) is 0 Å². The molecule has 4 heteroatoms. The molecule has 2 rings (SSSR count). The summed E-state index contributed by atoms with van der Waals surface area (Å²) in [7, 11) is 0. The third-order valence-electron chi connectivity index (χ3n) is 2.65. The maximum absolute atomic E-state index is 5.57. The van der Waals surface area contributed by atoms with Crippen LogP contribution in [0.15, 0.2) is 17.1 Å². The highest BCUT2D eigenvalue weighted by Crippen LogP contribution is 2.13. The van der Waals surface area contributed by atoms with Gasteiger partial charge >= 0.3 is 0 Å². The molecule has 2 aliphatic rings. The molecule has 0 aliphatic carbocycles. The van der Waals surface area contributed by atoms with Crippen molar-refractivity contribution < 1.29 is 4.74 Å². The third kappa shape index (κ3) is 2.20. The molecule has 2 heterocycles. The second-order valence-corrected chi connectivity index (χ2v) is 3.59. The smallest absolute Gasteiger partial charge is 0.106 e. The van der Waals surface area contributed by atoms with E-state index in [2.05, 4.69) is 16.0 Å². The quantitative estimate of drug-likeness (QED) is 0.675. The standard InChI is InChI=1S/C10H17N3O/c11-8-9-2-1-3-10(12-9)13-4-6-14-7-5-13/h1-2,10H,3-8,11H2. The van der Waals surface area contributed by atoms with Gasteiger partial charge in [0, 0.05) is 26.1 Å². The fourth-order valence-corrected chi connectivity index (χ4v) is 1.84. The molecule has 0 amide bonds. The molecule has 0 radical (unpaired) electrons. The molecular formula is C10H17N3O. The minimum atomic E-state index is 0.294. The van der Waals surface area contributed by atoms with Gasteiger partial charge in [0.05, 0.1) is 18.9 Å². The summed E-state index contributed by atoms with van der Waals surface area (Å²) in [5.41, 5.74) is 6.58. The molecule has 2 N–H and O–H groups in total. The second kappa shape index (κ2) is 4.68. The van der Waals surface area contributed by atoms with Crippen LogP contribution in [0.5, 0.6) is 0 Å². The van der Waals surface area contributed by atoms with E-state index in [9.17, 15) is 0 Å². The maximum atomic E-state index is 5.57. The normalized spacial score (nSPS) is 28.9. The Balaban J connectivity index is 1.97.